The smallest absolute Gasteiger partial charge is 0.316 e. The number of benzene rings is 1. The molecule has 140 valence electrons. The summed E-state index contributed by atoms with van der Waals surface area (Å²) in [6.45, 7) is 0.558. The Labute approximate surface area is 155 Å². The standard InChI is InChI=1S/C19H20N4O4/c20-17(24)14-3-1-2-4-15(14)26-10-16-22-19(27-23-16)18(25)21-9-13-8-11-5-6-12(13)7-11/h1-6,11-13H,7-10H2,(H2,20,24)(H,21,25)/t11-,12+,13+/m1/s1. The van der Waals surface area contributed by atoms with Crippen LogP contribution in [0.5, 0.6) is 5.75 Å². The number of nitrogens with one attached hydrogen (secondary N) is 1. The van der Waals surface area contributed by atoms with Gasteiger partial charge in [0.1, 0.15) is 5.75 Å². The molecule has 2 amide bonds. The average molecular weight is 368 g/mol. The van der Waals surface area contributed by atoms with Gasteiger partial charge in [0.2, 0.25) is 5.82 Å². The fourth-order valence-corrected chi connectivity index (χ4v) is 3.77. The molecule has 3 atom stereocenters. The van der Waals surface area contributed by atoms with E-state index in [2.05, 4.69) is 27.6 Å². The Morgan fingerprint density at radius 1 is 1.26 bits per heavy atom. The largest absolute Gasteiger partial charge is 0.485 e. The minimum Gasteiger partial charge on any atom is -0.485 e. The topological polar surface area (TPSA) is 120 Å². The zero-order chi connectivity index (χ0) is 18.8. The molecular weight excluding hydrogens is 348 g/mol. The number of carbonyl (C=O) groups excluding carboxylic acids is 2. The van der Waals surface area contributed by atoms with Crippen LogP contribution >= 0.6 is 0 Å². The summed E-state index contributed by atoms with van der Waals surface area (Å²) in [5.74, 6) is 1.15. The maximum atomic E-state index is 12.2. The summed E-state index contributed by atoms with van der Waals surface area (Å²) in [6, 6.07) is 6.60. The molecule has 1 heterocycles. The van der Waals surface area contributed by atoms with Crippen molar-refractivity contribution in [1.29, 1.82) is 0 Å². The van der Waals surface area contributed by atoms with Gasteiger partial charge in [0.15, 0.2) is 6.61 Å². The monoisotopic (exact) mass is 368 g/mol. The first-order valence-electron chi connectivity index (χ1n) is 8.91. The van der Waals surface area contributed by atoms with Crippen LogP contribution in [0.15, 0.2) is 40.9 Å². The molecular formula is C19H20N4O4. The third-order valence-electron chi connectivity index (χ3n) is 5.11. The molecule has 1 saturated carbocycles. The Hall–Kier alpha value is -3.16. The number of aromatic nitrogens is 2. The molecule has 1 aromatic heterocycles. The van der Waals surface area contributed by atoms with E-state index in [1.807, 2.05) is 0 Å². The predicted molar refractivity (Wildman–Crippen MR) is 94.8 cm³/mol. The molecule has 4 rings (SSSR count). The molecule has 1 aromatic carbocycles. The highest BCUT2D eigenvalue weighted by molar-refractivity contribution is 5.95. The summed E-state index contributed by atoms with van der Waals surface area (Å²) >= 11 is 0. The van der Waals surface area contributed by atoms with Crippen molar-refractivity contribution in [2.45, 2.75) is 19.4 Å². The van der Waals surface area contributed by atoms with Crippen molar-refractivity contribution >= 4 is 11.8 Å². The molecule has 0 aliphatic heterocycles. The number of nitrogens with two attached hydrogens (primary N) is 1. The second-order valence-electron chi connectivity index (χ2n) is 6.92. The number of nitrogens with zero attached hydrogens (tertiary/aromatic N) is 2. The lowest BCUT2D eigenvalue weighted by atomic mass is 9.94. The van der Waals surface area contributed by atoms with E-state index in [1.165, 1.54) is 6.42 Å². The number of fused-ring (bicyclic) bond motifs is 2. The summed E-state index contributed by atoms with van der Waals surface area (Å²) < 4.78 is 10.5. The number of primary amides is 1. The van der Waals surface area contributed by atoms with E-state index in [1.54, 1.807) is 24.3 Å². The fourth-order valence-electron chi connectivity index (χ4n) is 3.77. The van der Waals surface area contributed by atoms with Crippen LogP contribution in [0.4, 0.5) is 0 Å². The van der Waals surface area contributed by atoms with Crippen molar-refractivity contribution in [3.05, 3.63) is 53.7 Å². The maximum absolute atomic E-state index is 12.2. The summed E-state index contributed by atoms with van der Waals surface area (Å²) in [5, 5.41) is 6.61. The zero-order valence-electron chi connectivity index (χ0n) is 14.6. The highest BCUT2D eigenvalue weighted by Gasteiger charge is 2.35. The summed E-state index contributed by atoms with van der Waals surface area (Å²) in [5.41, 5.74) is 5.57. The van der Waals surface area contributed by atoms with Crippen LogP contribution in [0.3, 0.4) is 0 Å². The third kappa shape index (κ3) is 3.69. The fraction of sp³-hybridized carbons (Fsp3) is 0.368. The number of hydrogen-bond donors (Lipinski definition) is 2. The normalized spacial score (nSPS) is 22.7. The lowest BCUT2D eigenvalue weighted by molar-refractivity contribution is 0.0900. The molecule has 0 spiro atoms. The van der Waals surface area contributed by atoms with Gasteiger partial charge < -0.3 is 20.3 Å². The molecule has 2 bridgehead atoms. The molecule has 8 nitrogen and oxygen atoms in total. The van der Waals surface area contributed by atoms with Gasteiger partial charge in [0.25, 0.3) is 5.91 Å². The molecule has 2 aliphatic carbocycles. The molecule has 2 aromatic rings. The van der Waals surface area contributed by atoms with E-state index in [0.29, 0.717) is 30.0 Å². The van der Waals surface area contributed by atoms with Crippen LogP contribution < -0.4 is 15.8 Å². The average Bonchev–Trinajstić information content (AvgIpc) is 3.41. The van der Waals surface area contributed by atoms with E-state index in [9.17, 15) is 9.59 Å². The van der Waals surface area contributed by atoms with Crippen molar-refractivity contribution in [2.75, 3.05) is 6.54 Å². The van der Waals surface area contributed by atoms with Crippen LogP contribution in [0.2, 0.25) is 0 Å². The Morgan fingerprint density at radius 2 is 2.11 bits per heavy atom. The first kappa shape index (κ1) is 17.3. The number of amides is 2. The molecule has 0 saturated heterocycles. The Morgan fingerprint density at radius 3 is 2.85 bits per heavy atom. The van der Waals surface area contributed by atoms with Gasteiger partial charge in [-0.05, 0) is 42.7 Å². The van der Waals surface area contributed by atoms with Gasteiger partial charge in [-0.2, -0.15) is 4.98 Å². The quantitative estimate of drug-likeness (QED) is 0.718. The van der Waals surface area contributed by atoms with E-state index in [4.69, 9.17) is 15.0 Å². The highest BCUT2D eigenvalue weighted by Crippen LogP contribution is 2.42. The number of para-hydroxylation sites is 1. The van der Waals surface area contributed by atoms with E-state index >= 15 is 0 Å². The zero-order valence-corrected chi connectivity index (χ0v) is 14.6. The highest BCUT2D eigenvalue weighted by atomic mass is 16.5. The molecule has 3 N–H and O–H groups in total. The predicted octanol–water partition coefficient (Wildman–Crippen LogP) is 1.69. The molecule has 0 radical (unpaired) electrons. The van der Waals surface area contributed by atoms with Crippen LogP contribution in [-0.2, 0) is 6.61 Å². The molecule has 0 unspecified atom stereocenters. The number of carbonyl (C=O) groups is 2. The minimum atomic E-state index is -0.589. The number of hydrogen-bond acceptors (Lipinski definition) is 6. The number of rotatable bonds is 7. The van der Waals surface area contributed by atoms with Crippen LogP contribution in [-0.4, -0.2) is 28.5 Å². The summed E-state index contributed by atoms with van der Waals surface area (Å²) in [7, 11) is 0. The van der Waals surface area contributed by atoms with Crippen LogP contribution in [0.25, 0.3) is 0 Å². The number of ether oxygens (including phenoxy) is 1. The lowest BCUT2D eigenvalue weighted by Gasteiger charge is -2.17. The van der Waals surface area contributed by atoms with Crippen LogP contribution in [0, 0.1) is 17.8 Å². The first-order chi connectivity index (χ1) is 13.1. The number of allylic oxidation sites excluding steroid dienone is 2. The molecule has 1 fully saturated rings. The summed E-state index contributed by atoms with van der Waals surface area (Å²) in [6.07, 6.45) is 6.82. The van der Waals surface area contributed by atoms with Crippen molar-refractivity contribution in [2.24, 2.45) is 23.5 Å². The Balaban J connectivity index is 1.31. The van der Waals surface area contributed by atoms with Gasteiger partial charge >= 0.3 is 11.8 Å². The van der Waals surface area contributed by atoms with E-state index < -0.39 is 11.8 Å². The van der Waals surface area contributed by atoms with Gasteiger partial charge in [-0.3, -0.25) is 9.59 Å². The van der Waals surface area contributed by atoms with Gasteiger partial charge in [-0.15, -0.1) is 0 Å². The molecule has 27 heavy (non-hydrogen) atoms. The van der Waals surface area contributed by atoms with Gasteiger partial charge in [0.05, 0.1) is 5.56 Å². The Kier molecular flexibility index (Phi) is 4.62. The molecule has 8 heteroatoms. The summed E-state index contributed by atoms with van der Waals surface area (Å²) in [4.78, 5) is 27.6. The third-order valence-corrected chi connectivity index (χ3v) is 5.11. The SMILES string of the molecule is NC(=O)c1ccccc1OCc1noc(C(=O)NC[C@@H]2C[C@@H]3C=C[C@H]2C3)n1. The second kappa shape index (κ2) is 7.22. The van der Waals surface area contributed by atoms with Gasteiger partial charge in [0, 0.05) is 6.54 Å². The maximum Gasteiger partial charge on any atom is 0.316 e. The second-order valence-corrected chi connectivity index (χ2v) is 6.92. The van der Waals surface area contributed by atoms with E-state index in [0.717, 1.165) is 6.42 Å². The molecule has 2 aliphatic rings. The first-order valence-corrected chi connectivity index (χ1v) is 8.91. The van der Waals surface area contributed by atoms with Crippen molar-refractivity contribution in [3.8, 4) is 5.75 Å². The van der Waals surface area contributed by atoms with E-state index in [-0.39, 0.29) is 23.9 Å². The van der Waals surface area contributed by atoms with Gasteiger partial charge in [-0.1, -0.05) is 29.4 Å². The Bertz CT molecular complexity index is 891. The van der Waals surface area contributed by atoms with Crippen molar-refractivity contribution in [1.82, 2.24) is 15.5 Å². The lowest BCUT2D eigenvalue weighted by Crippen LogP contribution is -2.31. The minimum absolute atomic E-state index is 0.0434. The van der Waals surface area contributed by atoms with Gasteiger partial charge in [-0.25, -0.2) is 0 Å². The van der Waals surface area contributed by atoms with Crippen LogP contribution in [0.1, 0.15) is 39.7 Å². The van der Waals surface area contributed by atoms with Crippen molar-refractivity contribution < 1.29 is 18.8 Å². The van der Waals surface area contributed by atoms with Crippen molar-refractivity contribution in [3.63, 3.8) is 0 Å².